The van der Waals surface area contributed by atoms with Crippen LogP contribution in [0.15, 0.2) is 12.4 Å². The number of carbonyl (C=O) groups excluding carboxylic acids is 1. The topological polar surface area (TPSA) is 69.0 Å². The number of amides is 1. The van der Waals surface area contributed by atoms with Gasteiger partial charge in [-0.3, -0.25) is 9.63 Å². The molecule has 0 aliphatic rings. The minimum absolute atomic E-state index is 0.123. The van der Waals surface area contributed by atoms with E-state index in [1.807, 2.05) is 13.8 Å². The highest BCUT2D eigenvalue weighted by atomic mass is 16.6. The number of nitrogens with one attached hydrogen (secondary N) is 1. The zero-order valence-corrected chi connectivity index (χ0v) is 8.30. The molecule has 0 saturated carbocycles. The fourth-order valence-electron chi connectivity index (χ4n) is 0.785. The summed E-state index contributed by atoms with van der Waals surface area (Å²) in [7, 11) is 0. The Morgan fingerprint density at radius 3 is 3.00 bits per heavy atom. The maximum Gasteiger partial charge on any atom is 0.265 e. The van der Waals surface area contributed by atoms with Crippen molar-refractivity contribution in [1.82, 2.24) is 20.5 Å². The molecule has 1 amide bonds. The van der Waals surface area contributed by atoms with Crippen molar-refractivity contribution < 1.29 is 9.63 Å². The van der Waals surface area contributed by atoms with Crippen molar-refractivity contribution in [2.24, 2.45) is 5.92 Å². The summed E-state index contributed by atoms with van der Waals surface area (Å²) in [5.74, 6) is 0.151. The molecule has 6 nitrogen and oxygen atoms in total. The SMILES string of the molecule is CC(C)CONC(=O)Cn1ccnn1. The quantitative estimate of drug-likeness (QED) is 0.675. The molecule has 1 rings (SSSR count). The lowest BCUT2D eigenvalue weighted by molar-refractivity contribution is -0.135. The smallest absolute Gasteiger partial charge is 0.265 e. The molecule has 1 N–H and O–H groups in total. The fraction of sp³-hybridized carbons (Fsp3) is 0.625. The van der Waals surface area contributed by atoms with Gasteiger partial charge in [0.05, 0.1) is 12.8 Å². The lowest BCUT2D eigenvalue weighted by Crippen LogP contribution is -2.29. The molecule has 0 aromatic carbocycles. The van der Waals surface area contributed by atoms with Gasteiger partial charge >= 0.3 is 0 Å². The van der Waals surface area contributed by atoms with E-state index in [1.54, 1.807) is 6.20 Å². The Kier molecular flexibility index (Phi) is 4.06. The molecule has 0 fully saturated rings. The normalized spacial score (nSPS) is 10.5. The third-order valence-electron chi connectivity index (χ3n) is 1.38. The van der Waals surface area contributed by atoms with E-state index in [0.717, 1.165) is 0 Å². The Labute approximate surface area is 82.2 Å². The Morgan fingerprint density at radius 2 is 2.43 bits per heavy atom. The van der Waals surface area contributed by atoms with Gasteiger partial charge in [-0.1, -0.05) is 19.1 Å². The number of aromatic nitrogens is 3. The fourth-order valence-corrected chi connectivity index (χ4v) is 0.785. The minimum Gasteiger partial charge on any atom is -0.273 e. The predicted molar refractivity (Wildman–Crippen MR) is 49.0 cm³/mol. The van der Waals surface area contributed by atoms with Crippen LogP contribution < -0.4 is 5.48 Å². The Morgan fingerprint density at radius 1 is 1.64 bits per heavy atom. The molecular weight excluding hydrogens is 184 g/mol. The first-order chi connectivity index (χ1) is 6.68. The van der Waals surface area contributed by atoms with E-state index in [2.05, 4.69) is 15.8 Å². The van der Waals surface area contributed by atoms with E-state index < -0.39 is 0 Å². The number of carbonyl (C=O) groups is 1. The summed E-state index contributed by atoms with van der Waals surface area (Å²) in [6.07, 6.45) is 3.13. The van der Waals surface area contributed by atoms with Gasteiger partial charge < -0.3 is 0 Å². The number of hydrogen-bond donors (Lipinski definition) is 1. The van der Waals surface area contributed by atoms with Crippen molar-refractivity contribution in [3.63, 3.8) is 0 Å². The summed E-state index contributed by atoms with van der Waals surface area (Å²) in [4.78, 5) is 16.1. The highest BCUT2D eigenvalue weighted by Gasteiger charge is 2.03. The maximum absolute atomic E-state index is 11.2. The molecule has 1 aromatic rings. The molecule has 0 saturated heterocycles. The van der Waals surface area contributed by atoms with Gasteiger partial charge in [-0.25, -0.2) is 10.2 Å². The van der Waals surface area contributed by atoms with Crippen molar-refractivity contribution >= 4 is 5.91 Å². The Balaban J connectivity index is 2.17. The molecule has 1 heterocycles. The third kappa shape index (κ3) is 3.99. The van der Waals surface area contributed by atoms with Gasteiger partial charge in [0, 0.05) is 6.20 Å². The molecule has 0 radical (unpaired) electrons. The Hall–Kier alpha value is -1.43. The molecule has 0 spiro atoms. The van der Waals surface area contributed by atoms with Gasteiger partial charge in [-0.15, -0.1) is 5.10 Å². The van der Waals surface area contributed by atoms with Gasteiger partial charge in [-0.2, -0.15) is 0 Å². The summed E-state index contributed by atoms with van der Waals surface area (Å²) in [5.41, 5.74) is 2.32. The van der Waals surface area contributed by atoms with E-state index in [-0.39, 0.29) is 12.5 Å². The first-order valence-corrected chi connectivity index (χ1v) is 4.43. The second kappa shape index (κ2) is 5.33. The highest BCUT2D eigenvalue weighted by Crippen LogP contribution is 1.90. The zero-order chi connectivity index (χ0) is 10.4. The zero-order valence-electron chi connectivity index (χ0n) is 8.30. The van der Waals surface area contributed by atoms with Crippen LogP contribution in [-0.4, -0.2) is 27.5 Å². The van der Waals surface area contributed by atoms with E-state index in [1.165, 1.54) is 10.9 Å². The van der Waals surface area contributed by atoms with Crippen LogP contribution in [-0.2, 0) is 16.2 Å². The number of hydroxylamine groups is 1. The third-order valence-corrected chi connectivity index (χ3v) is 1.38. The first-order valence-electron chi connectivity index (χ1n) is 4.43. The first kappa shape index (κ1) is 10.6. The molecule has 0 unspecified atom stereocenters. The van der Waals surface area contributed by atoms with E-state index >= 15 is 0 Å². The lowest BCUT2D eigenvalue weighted by atomic mass is 10.2. The molecule has 1 aromatic heterocycles. The standard InChI is InChI=1S/C8H14N4O2/c1-7(2)6-14-10-8(13)5-12-4-3-9-11-12/h3-4,7H,5-6H2,1-2H3,(H,10,13). The van der Waals surface area contributed by atoms with Crippen LogP contribution in [0.3, 0.4) is 0 Å². The Bertz CT molecular complexity index is 271. The molecular formula is C8H14N4O2. The van der Waals surface area contributed by atoms with Crippen LogP contribution in [0.25, 0.3) is 0 Å². The second-order valence-corrected chi connectivity index (χ2v) is 3.33. The maximum atomic E-state index is 11.2. The van der Waals surface area contributed by atoms with E-state index in [9.17, 15) is 4.79 Å². The van der Waals surface area contributed by atoms with Gasteiger partial charge in [0.15, 0.2) is 0 Å². The summed E-state index contributed by atoms with van der Waals surface area (Å²) in [5, 5.41) is 7.23. The largest absolute Gasteiger partial charge is 0.273 e. The molecule has 0 bridgehead atoms. The summed E-state index contributed by atoms with van der Waals surface area (Å²) in [6.45, 7) is 4.63. The molecule has 0 atom stereocenters. The molecule has 6 heteroatoms. The average molecular weight is 198 g/mol. The van der Waals surface area contributed by atoms with Crippen LogP contribution in [0, 0.1) is 5.92 Å². The van der Waals surface area contributed by atoms with Crippen molar-refractivity contribution in [2.75, 3.05) is 6.61 Å². The van der Waals surface area contributed by atoms with E-state index in [0.29, 0.717) is 12.5 Å². The molecule has 0 aliphatic heterocycles. The van der Waals surface area contributed by atoms with Crippen molar-refractivity contribution in [3.8, 4) is 0 Å². The van der Waals surface area contributed by atoms with E-state index in [4.69, 9.17) is 4.84 Å². The average Bonchev–Trinajstić information content (AvgIpc) is 2.56. The summed E-state index contributed by atoms with van der Waals surface area (Å²) < 4.78 is 1.42. The number of rotatable bonds is 5. The monoisotopic (exact) mass is 198 g/mol. The van der Waals surface area contributed by atoms with Gasteiger partial charge in [0.2, 0.25) is 0 Å². The predicted octanol–water partition coefficient (Wildman–Crippen LogP) is -0.0181. The van der Waals surface area contributed by atoms with Crippen LogP contribution in [0.2, 0.25) is 0 Å². The van der Waals surface area contributed by atoms with Crippen molar-refractivity contribution in [3.05, 3.63) is 12.4 Å². The van der Waals surface area contributed by atoms with Crippen LogP contribution in [0.1, 0.15) is 13.8 Å². The number of nitrogens with zero attached hydrogens (tertiary/aromatic N) is 3. The lowest BCUT2D eigenvalue weighted by Gasteiger charge is -2.07. The summed E-state index contributed by atoms with van der Waals surface area (Å²) >= 11 is 0. The number of hydrogen-bond acceptors (Lipinski definition) is 4. The van der Waals surface area contributed by atoms with Crippen LogP contribution in [0.5, 0.6) is 0 Å². The highest BCUT2D eigenvalue weighted by molar-refractivity contribution is 5.74. The van der Waals surface area contributed by atoms with Crippen LogP contribution >= 0.6 is 0 Å². The van der Waals surface area contributed by atoms with Crippen LogP contribution in [0.4, 0.5) is 0 Å². The molecule has 0 aliphatic carbocycles. The second-order valence-electron chi connectivity index (χ2n) is 3.33. The summed E-state index contributed by atoms with van der Waals surface area (Å²) in [6, 6.07) is 0. The molecule has 78 valence electrons. The van der Waals surface area contributed by atoms with Crippen molar-refractivity contribution in [2.45, 2.75) is 20.4 Å². The van der Waals surface area contributed by atoms with Gasteiger partial charge in [0.25, 0.3) is 5.91 Å². The molecule has 14 heavy (non-hydrogen) atoms. The van der Waals surface area contributed by atoms with Gasteiger partial charge in [-0.05, 0) is 5.92 Å². The van der Waals surface area contributed by atoms with Crippen molar-refractivity contribution in [1.29, 1.82) is 0 Å². The van der Waals surface area contributed by atoms with Gasteiger partial charge in [0.1, 0.15) is 6.54 Å². The minimum atomic E-state index is -0.240.